The predicted octanol–water partition coefficient (Wildman–Crippen LogP) is 5.21. The topological polar surface area (TPSA) is 13.1 Å². The van der Waals surface area contributed by atoms with E-state index in [4.69, 9.17) is 27.6 Å². The molecule has 0 aliphatic heterocycles. The zero-order valence-electron chi connectivity index (χ0n) is 8.71. The molecule has 0 fully saturated rings. The molecule has 1 nitrogen and oxygen atoms in total. The molecule has 0 atom stereocenters. The predicted molar refractivity (Wildman–Crippen MR) is 70.5 cm³/mol. The van der Waals surface area contributed by atoms with Gasteiger partial charge in [-0.25, -0.2) is 0 Å². The molecule has 0 N–H and O–H groups in total. The zero-order valence-corrected chi connectivity index (χ0v) is 10.2. The molecule has 0 unspecified atom stereocenters. The van der Waals surface area contributed by atoms with Crippen molar-refractivity contribution in [3.05, 3.63) is 58.6 Å². The first-order chi connectivity index (χ1) is 8.24. The highest BCUT2D eigenvalue weighted by Crippen LogP contribution is 2.31. The summed E-state index contributed by atoms with van der Waals surface area (Å²) in [6.45, 7) is 0. The van der Waals surface area contributed by atoms with E-state index in [1.165, 1.54) is 0 Å². The van der Waals surface area contributed by atoms with Crippen molar-refractivity contribution >= 4 is 34.2 Å². The number of hydrogen-bond acceptors (Lipinski definition) is 1. The Morgan fingerprint density at radius 3 is 2.53 bits per heavy atom. The van der Waals surface area contributed by atoms with E-state index in [0.717, 1.165) is 16.5 Å². The molecule has 3 heteroatoms. The SMILES string of the molecule is Clc1ccc(-c2[c]c3ccccc3o2)cc1Cl. The van der Waals surface area contributed by atoms with Gasteiger partial charge in [0.2, 0.25) is 0 Å². The number of hydrogen-bond donors (Lipinski definition) is 0. The van der Waals surface area contributed by atoms with Crippen LogP contribution < -0.4 is 0 Å². The first-order valence-corrected chi connectivity index (χ1v) is 5.86. The molecule has 0 saturated carbocycles. The Kier molecular flexibility index (Phi) is 2.58. The van der Waals surface area contributed by atoms with Crippen molar-refractivity contribution in [2.75, 3.05) is 0 Å². The fourth-order valence-electron chi connectivity index (χ4n) is 1.69. The first kappa shape index (κ1) is 10.7. The van der Waals surface area contributed by atoms with Crippen molar-refractivity contribution in [1.82, 2.24) is 0 Å². The third kappa shape index (κ3) is 1.92. The molecular weight excluding hydrogens is 255 g/mol. The van der Waals surface area contributed by atoms with Crippen molar-refractivity contribution < 1.29 is 4.42 Å². The summed E-state index contributed by atoms with van der Waals surface area (Å²) in [5.41, 5.74) is 1.68. The highest BCUT2D eigenvalue weighted by Gasteiger charge is 2.08. The van der Waals surface area contributed by atoms with Gasteiger partial charge < -0.3 is 4.42 Å². The largest absolute Gasteiger partial charge is 0.455 e. The summed E-state index contributed by atoms with van der Waals surface area (Å²) in [5, 5.41) is 2.00. The number of benzene rings is 2. The Balaban J connectivity index is 2.17. The van der Waals surface area contributed by atoms with E-state index >= 15 is 0 Å². The van der Waals surface area contributed by atoms with Gasteiger partial charge in [0.15, 0.2) is 0 Å². The Morgan fingerprint density at radius 2 is 1.76 bits per heavy atom. The van der Waals surface area contributed by atoms with Gasteiger partial charge in [-0.05, 0) is 24.3 Å². The summed E-state index contributed by atoms with van der Waals surface area (Å²) < 4.78 is 5.69. The second-order valence-corrected chi connectivity index (χ2v) is 4.50. The molecule has 3 rings (SSSR count). The van der Waals surface area contributed by atoms with Gasteiger partial charge in [0.05, 0.1) is 10.0 Å². The molecule has 3 aromatic rings. The average Bonchev–Trinajstić information content (AvgIpc) is 2.76. The maximum absolute atomic E-state index is 5.97. The minimum atomic E-state index is 0.512. The lowest BCUT2D eigenvalue weighted by atomic mass is 10.1. The lowest BCUT2D eigenvalue weighted by Crippen LogP contribution is -1.74. The molecule has 0 aliphatic carbocycles. The molecule has 0 aliphatic rings. The Labute approximate surface area is 109 Å². The van der Waals surface area contributed by atoms with Crippen LogP contribution in [0, 0.1) is 6.07 Å². The van der Waals surface area contributed by atoms with Crippen LogP contribution in [0.15, 0.2) is 46.9 Å². The van der Waals surface area contributed by atoms with Crippen LogP contribution in [-0.4, -0.2) is 0 Å². The zero-order chi connectivity index (χ0) is 11.8. The number of halogens is 2. The molecule has 2 aromatic carbocycles. The molecule has 1 heterocycles. The summed E-state index contributed by atoms with van der Waals surface area (Å²) in [7, 11) is 0. The molecular formula is C14H7Cl2O. The van der Waals surface area contributed by atoms with E-state index in [9.17, 15) is 0 Å². The van der Waals surface area contributed by atoms with Crippen LogP contribution in [0.1, 0.15) is 0 Å². The molecule has 1 aromatic heterocycles. The van der Waals surface area contributed by atoms with Crippen LogP contribution in [0.25, 0.3) is 22.3 Å². The molecule has 17 heavy (non-hydrogen) atoms. The molecule has 0 spiro atoms. The number of para-hydroxylation sites is 1. The summed E-state index contributed by atoms with van der Waals surface area (Å²) in [4.78, 5) is 0. The maximum atomic E-state index is 5.97. The number of rotatable bonds is 1. The fraction of sp³-hybridized carbons (Fsp3) is 0. The second kappa shape index (κ2) is 4.10. The van der Waals surface area contributed by atoms with Crippen molar-refractivity contribution in [2.24, 2.45) is 0 Å². The van der Waals surface area contributed by atoms with Gasteiger partial charge in [-0.1, -0.05) is 41.4 Å². The minimum absolute atomic E-state index is 0.512. The second-order valence-electron chi connectivity index (χ2n) is 3.68. The van der Waals surface area contributed by atoms with Gasteiger partial charge in [-0.15, -0.1) is 0 Å². The molecule has 0 bridgehead atoms. The fourth-order valence-corrected chi connectivity index (χ4v) is 1.98. The minimum Gasteiger partial charge on any atom is -0.455 e. The van der Waals surface area contributed by atoms with Crippen molar-refractivity contribution in [1.29, 1.82) is 0 Å². The van der Waals surface area contributed by atoms with E-state index in [1.807, 2.05) is 30.3 Å². The monoisotopic (exact) mass is 261 g/mol. The maximum Gasteiger partial charge on any atom is 0.143 e. The first-order valence-electron chi connectivity index (χ1n) is 5.10. The third-order valence-corrected chi connectivity index (χ3v) is 3.27. The summed E-state index contributed by atoms with van der Waals surface area (Å²) in [6.07, 6.45) is 0. The molecule has 83 valence electrons. The Morgan fingerprint density at radius 1 is 0.941 bits per heavy atom. The highest BCUT2D eigenvalue weighted by atomic mass is 35.5. The quantitative estimate of drug-likeness (QED) is 0.587. The number of fused-ring (bicyclic) bond motifs is 1. The molecule has 0 saturated heterocycles. The van der Waals surface area contributed by atoms with Gasteiger partial charge in [0.25, 0.3) is 0 Å². The lowest BCUT2D eigenvalue weighted by molar-refractivity contribution is 0.631. The van der Waals surface area contributed by atoms with Gasteiger partial charge in [0.1, 0.15) is 11.3 Å². The van der Waals surface area contributed by atoms with E-state index in [1.54, 1.807) is 12.1 Å². The third-order valence-electron chi connectivity index (χ3n) is 2.53. The molecule has 1 radical (unpaired) electrons. The van der Waals surface area contributed by atoms with Crippen LogP contribution >= 0.6 is 23.2 Å². The summed E-state index contributed by atoms with van der Waals surface area (Å²) in [5.74, 6) is 0.671. The lowest BCUT2D eigenvalue weighted by Gasteiger charge is -1.98. The summed E-state index contributed by atoms with van der Waals surface area (Å²) >= 11 is 11.8. The van der Waals surface area contributed by atoms with Gasteiger partial charge in [-0.3, -0.25) is 0 Å². The van der Waals surface area contributed by atoms with Gasteiger partial charge in [-0.2, -0.15) is 0 Å². The van der Waals surface area contributed by atoms with Crippen LogP contribution in [0.4, 0.5) is 0 Å². The highest BCUT2D eigenvalue weighted by molar-refractivity contribution is 6.42. The van der Waals surface area contributed by atoms with E-state index in [0.29, 0.717) is 15.8 Å². The van der Waals surface area contributed by atoms with Crippen molar-refractivity contribution in [2.45, 2.75) is 0 Å². The van der Waals surface area contributed by atoms with Crippen molar-refractivity contribution in [3.8, 4) is 11.3 Å². The van der Waals surface area contributed by atoms with E-state index in [2.05, 4.69) is 6.07 Å². The van der Waals surface area contributed by atoms with Crippen molar-refractivity contribution in [3.63, 3.8) is 0 Å². The summed E-state index contributed by atoms with van der Waals surface area (Å²) in [6, 6.07) is 16.3. The Bertz CT molecular complexity index is 653. The van der Waals surface area contributed by atoms with Gasteiger partial charge in [0, 0.05) is 17.0 Å². The van der Waals surface area contributed by atoms with Crippen LogP contribution in [0.2, 0.25) is 10.0 Å². The Hall–Kier alpha value is -1.44. The van der Waals surface area contributed by atoms with E-state index < -0.39 is 0 Å². The average molecular weight is 262 g/mol. The van der Waals surface area contributed by atoms with Crippen LogP contribution in [-0.2, 0) is 0 Å². The molecule has 0 amide bonds. The normalized spacial score (nSPS) is 10.9. The van der Waals surface area contributed by atoms with Crippen LogP contribution in [0.3, 0.4) is 0 Å². The van der Waals surface area contributed by atoms with E-state index in [-0.39, 0.29) is 0 Å². The smallest absolute Gasteiger partial charge is 0.143 e. The number of furan rings is 1. The van der Waals surface area contributed by atoms with Crippen LogP contribution in [0.5, 0.6) is 0 Å². The van der Waals surface area contributed by atoms with Gasteiger partial charge >= 0.3 is 0 Å². The standard InChI is InChI=1S/C14H7Cl2O/c15-11-6-5-10(7-12(11)16)14-8-9-3-1-2-4-13(9)17-14/h1-7H.